The Balaban J connectivity index is 1.55. The first-order valence-corrected chi connectivity index (χ1v) is 10.4. The average Bonchev–Trinajstić information content (AvgIpc) is 2.67. The lowest BCUT2D eigenvalue weighted by Gasteiger charge is -2.56. The third-order valence-electron chi connectivity index (χ3n) is 6.03. The number of amides is 2. The molecular formula is C19H26N2O4S. The molecule has 1 aromatic rings. The maximum absolute atomic E-state index is 13.0. The number of urea groups is 1. The van der Waals surface area contributed by atoms with E-state index in [2.05, 4.69) is 5.32 Å². The molecule has 0 radical (unpaired) electrons. The molecule has 0 bridgehead atoms. The molecule has 142 valence electrons. The van der Waals surface area contributed by atoms with Crippen molar-refractivity contribution in [2.45, 2.75) is 29.4 Å². The average molecular weight is 378 g/mol. The van der Waals surface area contributed by atoms with Crippen LogP contribution in [-0.4, -0.2) is 66.9 Å². The number of nitrogens with one attached hydrogen (secondary N) is 1. The fraction of sp³-hybridized carbons (Fsp3) is 0.632. The van der Waals surface area contributed by atoms with E-state index in [0.29, 0.717) is 39.4 Å². The quantitative estimate of drug-likeness (QED) is 0.774. The molecule has 0 saturated carbocycles. The van der Waals surface area contributed by atoms with Gasteiger partial charge in [-0.1, -0.05) is 6.07 Å². The third kappa shape index (κ3) is 3.22. The number of piperidine rings is 1. The normalized spacial score (nSPS) is 33.9. The molecule has 0 unspecified atom stereocenters. The van der Waals surface area contributed by atoms with Crippen molar-refractivity contribution in [2.24, 2.45) is 11.8 Å². The van der Waals surface area contributed by atoms with E-state index in [1.165, 1.54) is 0 Å². The van der Waals surface area contributed by atoms with Crippen LogP contribution in [0.25, 0.3) is 0 Å². The summed E-state index contributed by atoms with van der Waals surface area (Å²) in [7, 11) is 0. The van der Waals surface area contributed by atoms with E-state index in [4.69, 9.17) is 9.47 Å². The smallest absolute Gasteiger partial charge is 0.322 e. The third-order valence-corrected chi connectivity index (χ3v) is 6.76. The lowest BCUT2D eigenvalue weighted by atomic mass is 9.66. The summed E-state index contributed by atoms with van der Waals surface area (Å²) in [5.41, 5.74) is 0.00462. The second kappa shape index (κ2) is 7.38. The van der Waals surface area contributed by atoms with Crippen LogP contribution in [-0.2, 0) is 9.47 Å². The zero-order valence-corrected chi connectivity index (χ0v) is 15.8. The molecule has 3 fully saturated rings. The molecule has 0 aromatic heterocycles. The van der Waals surface area contributed by atoms with Crippen LogP contribution in [0.15, 0.2) is 29.2 Å². The van der Waals surface area contributed by atoms with Gasteiger partial charge in [-0.15, -0.1) is 11.8 Å². The van der Waals surface area contributed by atoms with Gasteiger partial charge in [0.2, 0.25) is 0 Å². The summed E-state index contributed by atoms with van der Waals surface area (Å²) in [6.45, 7) is 2.72. The van der Waals surface area contributed by atoms with E-state index in [0.717, 1.165) is 17.0 Å². The minimum absolute atomic E-state index is 0.00633. The van der Waals surface area contributed by atoms with Gasteiger partial charge < -0.3 is 24.8 Å². The van der Waals surface area contributed by atoms with Gasteiger partial charge in [-0.25, -0.2) is 4.79 Å². The maximum Gasteiger partial charge on any atom is 0.322 e. The molecule has 3 aliphatic heterocycles. The largest absolute Gasteiger partial charge is 0.389 e. The molecule has 3 aliphatic rings. The number of carbonyl (C=O) groups excluding carboxylic acids is 1. The van der Waals surface area contributed by atoms with E-state index in [-0.39, 0.29) is 23.9 Å². The lowest BCUT2D eigenvalue weighted by molar-refractivity contribution is -0.211. The molecular weight excluding hydrogens is 352 g/mol. The zero-order chi connectivity index (χ0) is 18.1. The molecule has 3 saturated heterocycles. The van der Waals surface area contributed by atoms with Gasteiger partial charge in [0.05, 0.1) is 18.8 Å². The molecule has 4 rings (SSSR count). The van der Waals surface area contributed by atoms with Crippen molar-refractivity contribution in [3.05, 3.63) is 24.3 Å². The number of nitrogens with zero attached hydrogens (tertiary/aromatic N) is 1. The van der Waals surface area contributed by atoms with Gasteiger partial charge in [0, 0.05) is 54.6 Å². The van der Waals surface area contributed by atoms with Crippen molar-refractivity contribution in [3.63, 3.8) is 0 Å². The second-order valence-electron chi connectivity index (χ2n) is 7.36. The first-order chi connectivity index (χ1) is 12.6. The van der Waals surface area contributed by atoms with Gasteiger partial charge in [0.15, 0.2) is 0 Å². The zero-order valence-electron chi connectivity index (χ0n) is 15.0. The highest BCUT2D eigenvalue weighted by molar-refractivity contribution is 7.98. The van der Waals surface area contributed by atoms with E-state index >= 15 is 0 Å². The SMILES string of the molecule is CSc1cccc(NC(=O)N2C[C@H]3COCC[C@@]3(O)[C@@H]3COCC[C@@H]32)c1. The molecule has 0 spiro atoms. The van der Waals surface area contributed by atoms with Crippen molar-refractivity contribution in [1.82, 2.24) is 4.90 Å². The number of benzene rings is 1. The molecule has 1 aromatic carbocycles. The van der Waals surface area contributed by atoms with Gasteiger partial charge >= 0.3 is 6.03 Å². The molecule has 6 nitrogen and oxygen atoms in total. The summed E-state index contributed by atoms with van der Waals surface area (Å²) in [6.07, 6.45) is 3.40. The first-order valence-electron chi connectivity index (χ1n) is 9.21. The topological polar surface area (TPSA) is 71.0 Å². The van der Waals surface area contributed by atoms with E-state index in [1.54, 1.807) is 11.8 Å². The summed E-state index contributed by atoms with van der Waals surface area (Å²) in [5, 5.41) is 14.4. The Bertz CT molecular complexity index is 673. The Kier molecular flexibility index (Phi) is 5.14. The Hall–Kier alpha value is -1.28. The minimum Gasteiger partial charge on any atom is -0.389 e. The van der Waals surface area contributed by atoms with Gasteiger partial charge in [-0.2, -0.15) is 0 Å². The number of hydrogen-bond acceptors (Lipinski definition) is 5. The molecule has 2 N–H and O–H groups in total. The Labute approximate surface area is 158 Å². The summed E-state index contributed by atoms with van der Waals surface area (Å²) in [6, 6.07) is 7.76. The van der Waals surface area contributed by atoms with Crippen molar-refractivity contribution >= 4 is 23.5 Å². The summed E-state index contributed by atoms with van der Waals surface area (Å²) >= 11 is 1.65. The number of thioether (sulfide) groups is 1. The standard InChI is InChI=1S/C19H26N2O4S/c1-26-15-4-2-3-14(9-15)20-18(22)21-10-13-11-25-8-6-19(13,23)16-12-24-7-5-17(16)21/h2-4,9,13,16-17,23H,5-8,10-12H2,1H3,(H,20,22)/t13-,16+,17-,19-/m0/s1. The summed E-state index contributed by atoms with van der Waals surface area (Å²) < 4.78 is 11.3. The number of rotatable bonds is 2. The number of ether oxygens (including phenoxy) is 2. The van der Waals surface area contributed by atoms with E-state index in [9.17, 15) is 9.90 Å². The van der Waals surface area contributed by atoms with Crippen LogP contribution in [0.5, 0.6) is 0 Å². The minimum atomic E-state index is -0.793. The van der Waals surface area contributed by atoms with E-state index < -0.39 is 5.60 Å². The van der Waals surface area contributed by atoms with Crippen molar-refractivity contribution in [2.75, 3.05) is 44.5 Å². The highest BCUT2D eigenvalue weighted by atomic mass is 32.2. The van der Waals surface area contributed by atoms with Gasteiger partial charge in [0.1, 0.15) is 0 Å². The van der Waals surface area contributed by atoms with Gasteiger partial charge in [0.25, 0.3) is 0 Å². The lowest BCUT2D eigenvalue weighted by Crippen LogP contribution is -2.69. The second-order valence-corrected chi connectivity index (χ2v) is 8.24. The Morgan fingerprint density at radius 3 is 3.04 bits per heavy atom. The molecule has 4 atom stereocenters. The summed E-state index contributed by atoms with van der Waals surface area (Å²) in [5.74, 6) is -0.121. The van der Waals surface area contributed by atoms with Gasteiger partial charge in [-0.3, -0.25) is 0 Å². The highest BCUT2D eigenvalue weighted by Gasteiger charge is 2.56. The Morgan fingerprint density at radius 1 is 1.35 bits per heavy atom. The van der Waals surface area contributed by atoms with Crippen LogP contribution in [0.1, 0.15) is 12.8 Å². The molecule has 3 heterocycles. The maximum atomic E-state index is 13.0. The number of likely N-dealkylation sites (tertiary alicyclic amines) is 1. The molecule has 0 aliphatic carbocycles. The fourth-order valence-electron chi connectivity index (χ4n) is 4.59. The molecule has 7 heteroatoms. The van der Waals surface area contributed by atoms with Crippen molar-refractivity contribution < 1.29 is 19.4 Å². The van der Waals surface area contributed by atoms with Crippen LogP contribution in [0.3, 0.4) is 0 Å². The van der Waals surface area contributed by atoms with Gasteiger partial charge in [-0.05, 0) is 30.9 Å². The van der Waals surface area contributed by atoms with Crippen LogP contribution < -0.4 is 5.32 Å². The van der Waals surface area contributed by atoms with Crippen molar-refractivity contribution in [1.29, 1.82) is 0 Å². The predicted molar refractivity (Wildman–Crippen MR) is 101 cm³/mol. The van der Waals surface area contributed by atoms with E-state index in [1.807, 2.05) is 35.4 Å². The van der Waals surface area contributed by atoms with Crippen LogP contribution >= 0.6 is 11.8 Å². The first kappa shape index (κ1) is 18.1. The molecule has 26 heavy (non-hydrogen) atoms. The number of anilines is 1. The number of hydrogen-bond donors (Lipinski definition) is 2. The fourth-order valence-corrected chi connectivity index (χ4v) is 5.05. The number of aliphatic hydroxyl groups is 1. The number of fused-ring (bicyclic) bond motifs is 3. The van der Waals surface area contributed by atoms with Crippen LogP contribution in [0, 0.1) is 11.8 Å². The number of carbonyl (C=O) groups is 1. The predicted octanol–water partition coefficient (Wildman–Crippen LogP) is 2.43. The summed E-state index contributed by atoms with van der Waals surface area (Å²) in [4.78, 5) is 16.1. The van der Waals surface area contributed by atoms with Crippen molar-refractivity contribution in [3.8, 4) is 0 Å². The Morgan fingerprint density at radius 2 is 2.19 bits per heavy atom. The van der Waals surface area contributed by atoms with Crippen LogP contribution in [0.4, 0.5) is 10.5 Å². The monoisotopic (exact) mass is 378 g/mol. The highest BCUT2D eigenvalue weighted by Crippen LogP contribution is 2.44. The molecule has 2 amide bonds. The van der Waals surface area contributed by atoms with Crippen LogP contribution in [0.2, 0.25) is 0 Å².